The molecule has 1 fully saturated rings. The largest absolute Gasteiger partial charge is 0.389 e. The standard InChI is InChI=1S/C13H19N3O2S2/c1-16-8-4-5-10(9-16)15-20(17,18)12-7-3-2-6-11(12)13(14)19/h2-3,6-7,10,15H,4-5,8-9H2,1H3,(H2,14,19). The van der Waals surface area contributed by atoms with Crippen LogP contribution in [0.2, 0.25) is 0 Å². The van der Waals surface area contributed by atoms with E-state index >= 15 is 0 Å². The Hall–Kier alpha value is -1.02. The monoisotopic (exact) mass is 313 g/mol. The van der Waals surface area contributed by atoms with Gasteiger partial charge in [0.1, 0.15) is 4.99 Å². The highest BCUT2D eigenvalue weighted by atomic mass is 32.2. The molecule has 3 N–H and O–H groups in total. The fraction of sp³-hybridized carbons (Fsp3) is 0.462. The van der Waals surface area contributed by atoms with Crippen LogP contribution in [0.4, 0.5) is 0 Å². The quantitative estimate of drug-likeness (QED) is 0.800. The fourth-order valence-electron chi connectivity index (χ4n) is 2.45. The average Bonchev–Trinajstić information content (AvgIpc) is 2.38. The first-order valence-electron chi connectivity index (χ1n) is 6.50. The number of hydrogen-bond acceptors (Lipinski definition) is 4. The van der Waals surface area contributed by atoms with Gasteiger partial charge in [0.25, 0.3) is 0 Å². The first-order valence-corrected chi connectivity index (χ1v) is 8.39. The molecule has 0 spiro atoms. The summed E-state index contributed by atoms with van der Waals surface area (Å²) in [4.78, 5) is 2.36. The van der Waals surface area contributed by atoms with E-state index in [0.717, 1.165) is 19.4 Å². The molecule has 110 valence electrons. The number of rotatable bonds is 4. The van der Waals surface area contributed by atoms with Crippen LogP contribution in [0.15, 0.2) is 29.2 Å². The minimum atomic E-state index is -3.60. The number of sulfonamides is 1. The molecule has 2 rings (SSSR count). The molecule has 1 atom stereocenters. The molecule has 0 aromatic heterocycles. The third-order valence-electron chi connectivity index (χ3n) is 3.39. The van der Waals surface area contributed by atoms with Crippen LogP contribution in [-0.4, -0.2) is 44.5 Å². The van der Waals surface area contributed by atoms with Crippen LogP contribution in [0, 0.1) is 0 Å². The normalized spacial score (nSPS) is 20.8. The van der Waals surface area contributed by atoms with Crippen molar-refractivity contribution in [2.75, 3.05) is 20.1 Å². The van der Waals surface area contributed by atoms with Crippen molar-refractivity contribution in [1.82, 2.24) is 9.62 Å². The van der Waals surface area contributed by atoms with Crippen LogP contribution in [0.1, 0.15) is 18.4 Å². The highest BCUT2D eigenvalue weighted by molar-refractivity contribution is 7.89. The Balaban J connectivity index is 2.24. The molecule has 1 saturated heterocycles. The van der Waals surface area contributed by atoms with E-state index in [0.29, 0.717) is 12.1 Å². The van der Waals surface area contributed by atoms with Crippen molar-refractivity contribution >= 4 is 27.2 Å². The summed E-state index contributed by atoms with van der Waals surface area (Å²) in [5.41, 5.74) is 5.99. The minimum Gasteiger partial charge on any atom is -0.389 e. The second-order valence-corrected chi connectivity index (χ2v) is 7.21. The van der Waals surface area contributed by atoms with Gasteiger partial charge in [0.15, 0.2) is 0 Å². The van der Waals surface area contributed by atoms with E-state index in [9.17, 15) is 8.42 Å². The van der Waals surface area contributed by atoms with E-state index in [1.54, 1.807) is 18.2 Å². The van der Waals surface area contributed by atoms with E-state index in [4.69, 9.17) is 18.0 Å². The zero-order valence-electron chi connectivity index (χ0n) is 11.4. The maximum atomic E-state index is 12.5. The van der Waals surface area contributed by atoms with Crippen molar-refractivity contribution in [2.24, 2.45) is 5.73 Å². The van der Waals surface area contributed by atoms with Gasteiger partial charge in [0, 0.05) is 18.2 Å². The summed E-state index contributed by atoms with van der Waals surface area (Å²) in [5, 5.41) is 0. The van der Waals surface area contributed by atoms with Crippen molar-refractivity contribution in [2.45, 2.75) is 23.8 Å². The lowest BCUT2D eigenvalue weighted by Gasteiger charge is -2.30. The van der Waals surface area contributed by atoms with Gasteiger partial charge in [0.05, 0.1) is 4.90 Å². The lowest BCUT2D eigenvalue weighted by Crippen LogP contribution is -2.46. The Morgan fingerprint density at radius 1 is 1.45 bits per heavy atom. The summed E-state index contributed by atoms with van der Waals surface area (Å²) >= 11 is 4.92. The van der Waals surface area contributed by atoms with Gasteiger partial charge in [-0.05, 0) is 32.5 Å². The van der Waals surface area contributed by atoms with Gasteiger partial charge in [-0.25, -0.2) is 13.1 Å². The lowest BCUT2D eigenvalue weighted by molar-refractivity contribution is 0.242. The van der Waals surface area contributed by atoms with Gasteiger partial charge in [-0.1, -0.05) is 30.4 Å². The van der Waals surface area contributed by atoms with Crippen molar-refractivity contribution in [1.29, 1.82) is 0 Å². The zero-order valence-corrected chi connectivity index (χ0v) is 13.0. The molecule has 0 bridgehead atoms. The van der Waals surface area contributed by atoms with Crippen molar-refractivity contribution in [3.63, 3.8) is 0 Å². The molecule has 1 unspecified atom stereocenters. The number of benzene rings is 1. The van der Waals surface area contributed by atoms with Gasteiger partial charge < -0.3 is 10.6 Å². The van der Waals surface area contributed by atoms with Crippen molar-refractivity contribution < 1.29 is 8.42 Å². The summed E-state index contributed by atoms with van der Waals surface area (Å²) in [6.45, 7) is 1.72. The van der Waals surface area contributed by atoms with Gasteiger partial charge in [0.2, 0.25) is 10.0 Å². The van der Waals surface area contributed by atoms with Crippen LogP contribution in [0.25, 0.3) is 0 Å². The molecule has 0 radical (unpaired) electrons. The molecular formula is C13H19N3O2S2. The first kappa shape index (κ1) is 15.4. The molecule has 1 aromatic rings. The molecule has 0 saturated carbocycles. The van der Waals surface area contributed by atoms with Crippen LogP contribution in [0.5, 0.6) is 0 Å². The highest BCUT2D eigenvalue weighted by Gasteiger charge is 2.25. The van der Waals surface area contributed by atoms with Crippen LogP contribution in [0.3, 0.4) is 0 Å². The van der Waals surface area contributed by atoms with Crippen LogP contribution in [-0.2, 0) is 10.0 Å². The molecule has 7 heteroatoms. The predicted molar refractivity (Wildman–Crippen MR) is 83.2 cm³/mol. The molecule has 1 aliphatic heterocycles. The number of likely N-dealkylation sites (tertiary alicyclic amines) is 1. The highest BCUT2D eigenvalue weighted by Crippen LogP contribution is 2.17. The molecule has 1 aliphatic rings. The third-order valence-corrected chi connectivity index (χ3v) is 5.19. The topological polar surface area (TPSA) is 75.4 Å². The van der Waals surface area contributed by atoms with E-state index in [-0.39, 0.29) is 15.9 Å². The van der Waals surface area contributed by atoms with Crippen molar-refractivity contribution in [3.8, 4) is 0 Å². The summed E-state index contributed by atoms with van der Waals surface area (Å²) in [7, 11) is -1.61. The van der Waals surface area contributed by atoms with E-state index in [1.165, 1.54) is 6.07 Å². The molecular weight excluding hydrogens is 294 g/mol. The molecule has 0 aliphatic carbocycles. The Labute approximate surface area is 125 Å². The summed E-state index contributed by atoms with van der Waals surface area (Å²) in [6.07, 6.45) is 1.83. The zero-order chi connectivity index (χ0) is 14.8. The second kappa shape index (κ2) is 6.17. The summed E-state index contributed by atoms with van der Waals surface area (Å²) < 4.78 is 27.7. The molecule has 1 aromatic carbocycles. The number of hydrogen-bond donors (Lipinski definition) is 2. The minimum absolute atomic E-state index is 0.0712. The number of nitrogens with one attached hydrogen (secondary N) is 1. The third kappa shape index (κ3) is 3.54. The predicted octanol–water partition coefficient (Wildman–Crippen LogP) is 0.693. The Kier molecular flexibility index (Phi) is 4.74. The number of piperidine rings is 1. The first-order chi connectivity index (χ1) is 9.40. The molecule has 0 amide bonds. The smallest absolute Gasteiger partial charge is 0.241 e. The molecule has 5 nitrogen and oxygen atoms in total. The molecule has 1 heterocycles. The van der Waals surface area contributed by atoms with E-state index in [1.807, 2.05) is 7.05 Å². The van der Waals surface area contributed by atoms with Gasteiger partial charge in [-0.15, -0.1) is 0 Å². The Morgan fingerprint density at radius 3 is 2.80 bits per heavy atom. The number of nitrogens with two attached hydrogens (primary N) is 1. The maximum Gasteiger partial charge on any atom is 0.241 e. The van der Waals surface area contributed by atoms with Crippen molar-refractivity contribution in [3.05, 3.63) is 29.8 Å². The van der Waals surface area contributed by atoms with E-state index < -0.39 is 10.0 Å². The SMILES string of the molecule is CN1CCCC(NS(=O)(=O)c2ccccc2C(N)=S)C1. The van der Waals surface area contributed by atoms with Crippen LogP contribution >= 0.6 is 12.2 Å². The lowest BCUT2D eigenvalue weighted by atomic mass is 10.1. The molecule has 20 heavy (non-hydrogen) atoms. The van der Waals surface area contributed by atoms with Crippen LogP contribution < -0.4 is 10.5 Å². The number of thiocarbonyl (C=S) groups is 1. The number of nitrogens with zero attached hydrogens (tertiary/aromatic N) is 1. The second-order valence-electron chi connectivity index (χ2n) is 5.08. The summed E-state index contributed by atoms with van der Waals surface area (Å²) in [5.74, 6) is 0. The van der Waals surface area contributed by atoms with Gasteiger partial charge >= 0.3 is 0 Å². The fourth-order valence-corrected chi connectivity index (χ4v) is 4.18. The van der Waals surface area contributed by atoms with Gasteiger partial charge in [-0.2, -0.15) is 0 Å². The van der Waals surface area contributed by atoms with Gasteiger partial charge in [-0.3, -0.25) is 0 Å². The maximum absolute atomic E-state index is 12.5. The Bertz CT molecular complexity index is 601. The van der Waals surface area contributed by atoms with E-state index in [2.05, 4.69) is 9.62 Å². The summed E-state index contributed by atoms with van der Waals surface area (Å²) in [6, 6.07) is 6.48. The average molecular weight is 313 g/mol. The number of likely N-dealkylation sites (N-methyl/N-ethyl adjacent to an activating group) is 1. The Morgan fingerprint density at radius 2 is 2.15 bits per heavy atom.